The van der Waals surface area contributed by atoms with Gasteiger partial charge in [0.2, 0.25) is 0 Å². The normalized spacial score (nSPS) is 14.3. The van der Waals surface area contributed by atoms with Crippen LogP contribution in [0.15, 0.2) is 36.7 Å². The van der Waals surface area contributed by atoms with Crippen molar-refractivity contribution in [2.24, 2.45) is 5.73 Å². The molecule has 0 atom stereocenters. The number of nitrogens with two attached hydrogens (primary N) is 1. The third-order valence-corrected chi connectivity index (χ3v) is 4.24. The molecule has 1 aliphatic carbocycles. The van der Waals surface area contributed by atoms with Gasteiger partial charge in [-0.25, -0.2) is 9.97 Å². The molecule has 0 radical (unpaired) electrons. The van der Waals surface area contributed by atoms with Gasteiger partial charge in [-0.1, -0.05) is 24.3 Å². The zero-order chi connectivity index (χ0) is 14.2. The van der Waals surface area contributed by atoms with E-state index < -0.39 is 0 Å². The van der Waals surface area contributed by atoms with Crippen LogP contribution >= 0.6 is 0 Å². The molecular weight excluding hydrogens is 260 g/mol. The third kappa shape index (κ3) is 2.03. The first-order chi connectivity index (χ1) is 10.4. The van der Waals surface area contributed by atoms with Crippen molar-refractivity contribution in [3.63, 3.8) is 0 Å². The second-order valence-corrected chi connectivity index (χ2v) is 5.58. The molecule has 2 N–H and O–H groups in total. The first-order valence-corrected chi connectivity index (χ1v) is 7.51. The zero-order valence-corrected chi connectivity index (χ0v) is 11.9. The lowest BCUT2D eigenvalue weighted by atomic mass is 10.0. The van der Waals surface area contributed by atoms with Gasteiger partial charge in [0.1, 0.15) is 12.1 Å². The van der Waals surface area contributed by atoms with Gasteiger partial charge in [0.05, 0.1) is 11.4 Å². The van der Waals surface area contributed by atoms with E-state index in [1.165, 1.54) is 29.6 Å². The highest BCUT2D eigenvalue weighted by molar-refractivity contribution is 5.89. The van der Waals surface area contributed by atoms with E-state index in [0.717, 1.165) is 29.7 Å². The summed E-state index contributed by atoms with van der Waals surface area (Å²) < 4.78 is 2.16. The number of nitrogens with zero attached hydrogens (tertiary/aromatic N) is 3. The first kappa shape index (κ1) is 12.5. The van der Waals surface area contributed by atoms with Crippen molar-refractivity contribution in [1.82, 2.24) is 14.5 Å². The lowest BCUT2D eigenvalue weighted by Crippen LogP contribution is -2.10. The van der Waals surface area contributed by atoms with Gasteiger partial charge < -0.3 is 5.73 Å². The summed E-state index contributed by atoms with van der Waals surface area (Å²) in [6, 6.07) is 10.4. The topological polar surface area (TPSA) is 56.7 Å². The fraction of sp³-hybridized carbons (Fsp3) is 0.294. The Bertz CT molecular complexity index is 804. The smallest absolute Gasteiger partial charge is 0.146 e. The third-order valence-electron chi connectivity index (χ3n) is 4.24. The molecule has 0 saturated carbocycles. The Balaban J connectivity index is 1.99. The summed E-state index contributed by atoms with van der Waals surface area (Å²) in [5, 5.41) is 2.33. The number of hydrogen-bond donors (Lipinski definition) is 1. The monoisotopic (exact) mass is 278 g/mol. The predicted octanol–water partition coefficient (Wildman–Crippen LogP) is 2.76. The van der Waals surface area contributed by atoms with Gasteiger partial charge in [-0.3, -0.25) is 4.57 Å². The number of fused-ring (bicyclic) bond motifs is 2. The average molecular weight is 278 g/mol. The molecule has 4 heteroatoms. The van der Waals surface area contributed by atoms with Gasteiger partial charge in [-0.2, -0.15) is 0 Å². The lowest BCUT2D eigenvalue weighted by molar-refractivity contribution is 0.654. The van der Waals surface area contributed by atoms with Crippen LogP contribution in [0.25, 0.3) is 16.6 Å². The Morgan fingerprint density at radius 1 is 1.14 bits per heavy atom. The SMILES string of the molecule is NCc1cc2ccccc2c(-n2cnc3c2CCCC3)n1. The van der Waals surface area contributed by atoms with Crippen LogP contribution in [0.4, 0.5) is 0 Å². The van der Waals surface area contributed by atoms with Gasteiger partial charge in [0.15, 0.2) is 0 Å². The van der Waals surface area contributed by atoms with E-state index in [4.69, 9.17) is 10.7 Å². The molecule has 106 valence electrons. The molecule has 0 aliphatic heterocycles. The molecule has 4 rings (SSSR count). The van der Waals surface area contributed by atoms with E-state index in [-0.39, 0.29) is 0 Å². The standard InChI is InChI=1S/C17H18N4/c18-10-13-9-12-5-1-2-6-14(12)17(20-13)21-11-19-15-7-3-4-8-16(15)21/h1-2,5-6,9,11H,3-4,7-8,10,18H2. The molecule has 1 aromatic carbocycles. The van der Waals surface area contributed by atoms with Crippen molar-refractivity contribution in [3.8, 4) is 5.82 Å². The first-order valence-electron chi connectivity index (χ1n) is 7.51. The van der Waals surface area contributed by atoms with E-state index in [1.54, 1.807) is 0 Å². The van der Waals surface area contributed by atoms with Crippen LogP contribution in [0, 0.1) is 0 Å². The highest BCUT2D eigenvalue weighted by atomic mass is 15.1. The van der Waals surface area contributed by atoms with E-state index in [0.29, 0.717) is 6.54 Å². The summed E-state index contributed by atoms with van der Waals surface area (Å²) in [4.78, 5) is 9.36. The second-order valence-electron chi connectivity index (χ2n) is 5.58. The largest absolute Gasteiger partial charge is 0.325 e. The minimum Gasteiger partial charge on any atom is -0.325 e. The number of imidazole rings is 1. The van der Waals surface area contributed by atoms with E-state index in [1.807, 2.05) is 6.33 Å². The summed E-state index contributed by atoms with van der Waals surface area (Å²) in [6.07, 6.45) is 6.55. The molecule has 21 heavy (non-hydrogen) atoms. The van der Waals surface area contributed by atoms with Gasteiger partial charge in [0.25, 0.3) is 0 Å². The quantitative estimate of drug-likeness (QED) is 0.784. The molecule has 2 aromatic heterocycles. The minimum absolute atomic E-state index is 0.453. The molecule has 0 unspecified atom stereocenters. The molecule has 1 aliphatic rings. The molecular formula is C17H18N4. The molecule has 0 fully saturated rings. The number of aromatic nitrogens is 3. The van der Waals surface area contributed by atoms with E-state index >= 15 is 0 Å². The fourth-order valence-corrected chi connectivity index (χ4v) is 3.17. The van der Waals surface area contributed by atoms with Crippen molar-refractivity contribution in [2.45, 2.75) is 32.2 Å². The summed E-state index contributed by atoms with van der Waals surface area (Å²) in [5.74, 6) is 0.962. The Labute approximate surface area is 123 Å². The van der Waals surface area contributed by atoms with Crippen molar-refractivity contribution in [1.29, 1.82) is 0 Å². The van der Waals surface area contributed by atoms with Crippen molar-refractivity contribution >= 4 is 10.8 Å². The Hall–Kier alpha value is -2.20. The van der Waals surface area contributed by atoms with Crippen molar-refractivity contribution in [2.75, 3.05) is 0 Å². The molecule has 0 saturated heterocycles. The van der Waals surface area contributed by atoms with Crippen LogP contribution < -0.4 is 5.73 Å². The van der Waals surface area contributed by atoms with Gasteiger partial charge in [-0.15, -0.1) is 0 Å². The number of rotatable bonds is 2. The van der Waals surface area contributed by atoms with Gasteiger partial charge in [0, 0.05) is 17.6 Å². The molecule has 4 nitrogen and oxygen atoms in total. The highest BCUT2D eigenvalue weighted by Crippen LogP contribution is 2.27. The van der Waals surface area contributed by atoms with Crippen LogP contribution in [-0.4, -0.2) is 14.5 Å². The lowest BCUT2D eigenvalue weighted by Gasteiger charge is -2.15. The minimum atomic E-state index is 0.453. The van der Waals surface area contributed by atoms with Gasteiger partial charge >= 0.3 is 0 Å². The Morgan fingerprint density at radius 2 is 2.00 bits per heavy atom. The van der Waals surface area contributed by atoms with E-state index in [9.17, 15) is 0 Å². The molecule has 0 amide bonds. The molecule has 2 heterocycles. The van der Waals surface area contributed by atoms with E-state index in [2.05, 4.69) is 39.9 Å². The van der Waals surface area contributed by atoms with Gasteiger partial charge in [-0.05, 0) is 37.1 Å². The number of aryl methyl sites for hydroxylation is 1. The summed E-state index contributed by atoms with van der Waals surface area (Å²) in [7, 11) is 0. The van der Waals surface area contributed by atoms with Crippen LogP contribution in [0.3, 0.4) is 0 Å². The second kappa shape index (κ2) is 4.97. The summed E-state index contributed by atoms with van der Waals surface area (Å²) >= 11 is 0. The summed E-state index contributed by atoms with van der Waals surface area (Å²) in [5.41, 5.74) is 9.27. The van der Waals surface area contributed by atoms with Crippen LogP contribution in [-0.2, 0) is 19.4 Å². The Kier molecular flexibility index (Phi) is 2.97. The Morgan fingerprint density at radius 3 is 2.90 bits per heavy atom. The maximum atomic E-state index is 5.81. The fourth-order valence-electron chi connectivity index (χ4n) is 3.17. The van der Waals surface area contributed by atoms with Crippen LogP contribution in [0.5, 0.6) is 0 Å². The maximum absolute atomic E-state index is 5.81. The highest BCUT2D eigenvalue weighted by Gasteiger charge is 2.18. The number of hydrogen-bond acceptors (Lipinski definition) is 3. The maximum Gasteiger partial charge on any atom is 0.146 e. The average Bonchev–Trinajstić information content (AvgIpc) is 2.97. The van der Waals surface area contributed by atoms with Crippen molar-refractivity contribution < 1.29 is 0 Å². The predicted molar refractivity (Wildman–Crippen MR) is 83.4 cm³/mol. The summed E-state index contributed by atoms with van der Waals surface area (Å²) in [6.45, 7) is 0.453. The molecule has 0 bridgehead atoms. The van der Waals surface area contributed by atoms with Crippen LogP contribution in [0.2, 0.25) is 0 Å². The zero-order valence-electron chi connectivity index (χ0n) is 11.9. The molecule has 0 spiro atoms. The van der Waals surface area contributed by atoms with Crippen LogP contribution in [0.1, 0.15) is 29.9 Å². The number of benzene rings is 1. The van der Waals surface area contributed by atoms with Crippen molar-refractivity contribution in [3.05, 3.63) is 53.7 Å². The molecule has 3 aromatic rings. The number of pyridine rings is 1.